The van der Waals surface area contributed by atoms with E-state index in [9.17, 15) is 9.90 Å². The molecule has 1 saturated heterocycles. The molecular formula is C9H17NO3. The molecule has 76 valence electrons. The number of nitrogens with zero attached hydrogens (tertiary/aromatic N) is 1. The Hall–Kier alpha value is -0.770. The van der Waals surface area contributed by atoms with Crippen molar-refractivity contribution in [1.29, 1.82) is 0 Å². The molecular weight excluding hydrogens is 170 g/mol. The van der Waals surface area contributed by atoms with Gasteiger partial charge in [-0.25, -0.2) is 4.79 Å². The minimum atomic E-state index is -0.515. The van der Waals surface area contributed by atoms with Crippen molar-refractivity contribution in [3.05, 3.63) is 0 Å². The lowest BCUT2D eigenvalue weighted by Gasteiger charge is -2.29. The fourth-order valence-electron chi connectivity index (χ4n) is 1.38. The number of aliphatic hydroxyl groups excluding tert-OH is 1. The van der Waals surface area contributed by atoms with Crippen molar-refractivity contribution >= 4 is 6.09 Å². The van der Waals surface area contributed by atoms with Crippen molar-refractivity contribution < 1.29 is 14.6 Å². The lowest BCUT2D eigenvalue weighted by atomic mass is 10.2. The number of hydrogen-bond acceptors (Lipinski definition) is 3. The molecule has 1 aliphatic rings. The van der Waals surface area contributed by atoms with Gasteiger partial charge in [0, 0.05) is 6.54 Å². The SMILES string of the molecule is CCCCCN1C[C@H](O)COC1=O. The molecule has 0 bridgehead atoms. The van der Waals surface area contributed by atoms with Crippen molar-refractivity contribution in [3.8, 4) is 0 Å². The predicted octanol–water partition coefficient (Wildman–Crippen LogP) is 0.990. The lowest BCUT2D eigenvalue weighted by molar-refractivity contribution is -0.00589. The second-order valence-electron chi connectivity index (χ2n) is 3.38. The van der Waals surface area contributed by atoms with E-state index in [0.717, 1.165) is 19.3 Å². The van der Waals surface area contributed by atoms with Gasteiger partial charge >= 0.3 is 6.09 Å². The molecule has 13 heavy (non-hydrogen) atoms. The van der Waals surface area contributed by atoms with Gasteiger partial charge in [0.15, 0.2) is 0 Å². The summed E-state index contributed by atoms with van der Waals surface area (Å²) in [6.45, 7) is 3.37. The number of ether oxygens (including phenoxy) is 1. The van der Waals surface area contributed by atoms with Crippen molar-refractivity contribution in [2.45, 2.75) is 32.3 Å². The number of cyclic esters (lactones) is 1. The quantitative estimate of drug-likeness (QED) is 0.668. The van der Waals surface area contributed by atoms with Crippen LogP contribution in [0.5, 0.6) is 0 Å². The van der Waals surface area contributed by atoms with Crippen LogP contribution in [0.2, 0.25) is 0 Å². The Morgan fingerprint density at radius 2 is 2.38 bits per heavy atom. The Bertz CT molecular complexity index is 172. The van der Waals surface area contributed by atoms with Gasteiger partial charge in [0.1, 0.15) is 12.7 Å². The zero-order valence-electron chi connectivity index (χ0n) is 8.03. The van der Waals surface area contributed by atoms with E-state index >= 15 is 0 Å². The molecule has 1 aliphatic heterocycles. The number of hydrogen-bond donors (Lipinski definition) is 1. The maximum atomic E-state index is 11.1. The van der Waals surface area contributed by atoms with Crippen molar-refractivity contribution in [2.75, 3.05) is 19.7 Å². The molecule has 0 spiro atoms. The topological polar surface area (TPSA) is 49.8 Å². The number of carbonyl (C=O) groups is 1. The Labute approximate surface area is 78.5 Å². The van der Waals surface area contributed by atoms with Gasteiger partial charge in [0.2, 0.25) is 0 Å². The maximum absolute atomic E-state index is 11.1. The van der Waals surface area contributed by atoms with E-state index in [1.165, 1.54) is 0 Å². The second kappa shape index (κ2) is 5.07. The highest BCUT2D eigenvalue weighted by atomic mass is 16.6. The van der Waals surface area contributed by atoms with Crippen LogP contribution >= 0.6 is 0 Å². The Kier molecular flexibility index (Phi) is 4.02. The van der Waals surface area contributed by atoms with E-state index in [1.54, 1.807) is 4.90 Å². The largest absolute Gasteiger partial charge is 0.447 e. The van der Waals surface area contributed by atoms with E-state index in [2.05, 4.69) is 6.92 Å². The van der Waals surface area contributed by atoms with Crippen LogP contribution in [0.25, 0.3) is 0 Å². The highest BCUT2D eigenvalue weighted by Crippen LogP contribution is 2.07. The number of aliphatic hydroxyl groups is 1. The molecule has 0 aliphatic carbocycles. The highest BCUT2D eigenvalue weighted by molar-refractivity contribution is 5.68. The van der Waals surface area contributed by atoms with Crippen molar-refractivity contribution in [1.82, 2.24) is 4.90 Å². The molecule has 0 saturated carbocycles. The predicted molar refractivity (Wildman–Crippen MR) is 48.5 cm³/mol. The van der Waals surface area contributed by atoms with Crippen molar-refractivity contribution in [3.63, 3.8) is 0 Å². The molecule has 0 aromatic carbocycles. The molecule has 0 unspecified atom stereocenters. The molecule has 1 atom stereocenters. The Morgan fingerprint density at radius 1 is 1.62 bits per heavy atom. The van der Waals surface area contributed by atoms with E-state index in [4.69, 9.17) is 4.74 Å². The minimum absolute atomic E-state index is 0.142. The van der Waals surface area contributed by atoms with Crippen LogP contribution in [0.15, 0.2) is 0 Å². The molecule has 4 nitrogen and oxygen atoms in total. The summed E-state index contributed by atoms with van der Waals surface area (Å²) in [5.74, 6) is 0. The minimum Gasteiger partial charge on any atom is -0.447 e. The van der Waals surface area contributed by atoms with Gasteiger partial charge in [-0.15, -0.1) is 0 Å². The number of β-amino-alcohol motifs (C(OH)–C–C–N with tert-alkyl or cyclic N) is 1. The maximum Gasteiger partial charge on any atom is 0.409 e. The van der Waals surface area contributed by atoms with Crippen LogP contribution < -0.4 is 0 Å². The molecule has 4 heteroatoms. The second-order valence-corrected chi connectivity index (χ2v) is 3.38. The molecule has 0 radical (unpaired) electrons. The standard InChI is InChI=1S/C9H17NO3/c1-2-3-4-5-10-6-8(11)7-13-9(10)12/h8,11H,2-7H2,1H3/t8-/m0/s1. The fraction of sp³-hybridized carbons (Fsp3) is 0.889. The van der Waals surface area contributed by atoms with Crippen LogP contribution in [-0.4, -0.2) is 41.9 Å². The third kappa shape index (κ3) is 3.22. The summed E-state index contributed by atoms with van der Waals surface area (Å²) < 4.78 is 4.77. The first-order chi connectivity index (χ1) is 6.24. The van der Waals surface area contributed by atoms with Crippen LogP contribution in [0.1, 0.15) is 26.2 Å². The molecule has 1 heterocycles. The molecule has 0 aromatic heterocycles. The number of rotatable bonds is 4. The van der Waals surface area contributed by atoms with Crippen LogP contribution in [-0.2, 0) is 4.74 Å². The molecule has 0 aromatic rings. The van der Waals surface area contributed by atoms with Gasteiger partial charge in [0.05, 0.1) is 6.54 Å². The monoisotopic (exact) mass is 187 g/mol. The number of unbranched alkanes of at least 4 members (excludes halogenated alkanes) is 2. The third-order valence-corrected chi connectivity index (χ3v) is 2.12. The van der Waals surface area contributed by atoms with Gasteiger partial charge in [-0.2, -0.15) is 0 Å². The summed E-state index contributed by atoms with van der Waals surface area (Å²) in [6.07, 6.45) is 2.42. The first-order valence-corrected chi connectivity index (χ1v) is 4.83. The van der Waals surface area contributed by atoms with Gasteiger partial charge in [-0.3, -0.25) is 0 Å². The van der Waals surface area contributed by atoms with Crippen molar-refractivity contribution in [2.24, 2.45) is 0 Å². The van der Waals surface area contributed by atoms with E-state index in [-0.39, 0.29) is 12.7 Å². The van der Waals surface area contributed by atoms with Crippen LogP contribution in [0.3, 0.4) is 0 Å². The fourth-order valence-corrected chi connectivity index (χ4v) is 1.38. The third-order valence-electron chi connectivity index (χ3n) is 2.12. The zero-order valence-corrected chi connectivity index (χ0v) is 8.03. The summed E-state index contributed by atoms with van der Waals surface area (Å²) in [5.41, 5.74) is 0. The lowest BCUT2D eigenvalue weighted by Crippen LogP contribution is -2.46. The number of carbonyl (C=O) groups excluding carboxylic acids is 1. The summed E-state index contributed by atoms with van der Waals surface area (Å²) >= 11 is 0. The van der Waals surface area contributed by atoms with Gasteiger partial charge in [-0.1, -0.05) is 19.8 Å². The van der Waals surface area contributed by atoms with Gasteiger partial charge in [0.25, 0.3) is 0 Å². The number of amides is 1. The van der Waals surface area contributed by atoms with Crippen LogP contribution in [0, 0.1) is 0 Å². The summed E-state index contributed by atoms with van der Waals surface area (Å²) in [6, 6.07) is 0. The first-order valence-electron chi connectivity index (χ1n) is 4.83. The summed E-state index contributed by atoms with van der Waals surface area (Å²) in [4.78, 5) is 12.7. The van der Waals surface area contributed by atoms with Gasteiger partial charge in [-0.05, 0) is 6.42 Å². The molecule has 1 amide bonds. The normalized spacial score (nSPS) is 23.1. The summed E-state index contributed by atoms with van der Waals surface area (Å²) in [7, 11) is 0. The smallest absolute Gasteiger partial charge is 0.409 e. The zero-order chi connectivity index (χ0) is 9.68. The first kappa shape index (κ1) is 10.3. The average Bonchev–Trinajstić information content (AvgIpc) is 2.11. The summed E-state index contributed by atoms with van der Waals surface area (Å²) in [5, 5.41) is 9.24. The van der Waals surface area contributed by atoms with E-state index < -0.39 is 6.10 Å². The molecule has 1 rings (SSSR count). The highest BCUT2D eigenvalue weighted by Gasteiger charge is 2.24. The van der Waals surface area contributed by atoms with Gasteiger partial charge < -0.3 is 14.7 Å². The van der Waals surface area contributed by atoms with E-state index in [1.807, 2.05) is 0 Å². The molecule has 1 N–H and O–H groups in total. The Morgan fingerprint density at radius 3 is 3.08 bits per heavy atom. The average molecular weight is 187 g/mol. The van der Waals surface area contributed by atoms with Crippen LogP contribution in [0.4, 0.5) is 4.79 Å². The molecule has 1 fully saturated rings. The van der Waals surface area contributed by atoms with E-state index in [0.29, 0.717) is 13.1 Å². The Balaban J connectivity index is 2.25.